The molecule has 0 bridgehead atoms. The van der Waals surface area contributed by atoms with Crippen molar-refractivity contribution in [2.45, 2.75) is 20.4 Å². The van der Waals surface area contributed by atoms with E-state index in [2.05, 4.69) is 16.5 Å². The molecule has 0 saturated carbocycles. The summed E-state index contributed by atoms with van der Waals surface area (Å²) in [6, 6.07) is 14.2. The van der Waals surface area contributed by atoms with Crippen LogP contribution in [0.3, 0.4) is 0 Å². The molecule has 0 aliphatic rings. The highest BCUT2D eigenvalue weighted by atomic mass is 16.6. The number of amides is 1. The Balaban J connectivity index is 1.72. The summed E-state index contributed by atoms with van der Waals surface area (Å²) in [4.78, 5) is 22.8. The van der Waals surface area contributed by atoms with E-state index < -0.39 is 10.8 Å². The molecule has 1 amide bonds. The van der Waals surface area contributed by atoms with Crippen molar-refractivity contribution in [2.75, 3.05) is 5.32 Å². The molecule has 0 atom stereocenters. The molecule has 26 heavy (non-hydrogen) atoms. The molecule has 0 aliphatic carbocycles. The molecule has 3 rings (SSSR count). The Labute approximate surface area is 150 Å². The van der Waals surface area contributed by atoms with Gasteiger partial charge in [-0.25, -0.2) is 0 Å². The van der Waals surface area contributed by atoms with Crippen molar-refractivity contribution < 1.29 is 9.72 Å². The van der Waals surface area contributed by atoms with E-state index in [1.807, 2.05) is 25.1 Å². The first kappa shape index (κ1) is 17.3. The predicted octanol–water partition coefficient (Wildman–Crippen LogP) is 3.71. The Morgan fingerprint density at radius 2 is 2.00 bits per heavy atom. The molecule has 0 saturated heterocycles. The van der Waals surface area contributed by atoms with Gasteiger partial charge in [0.1, 0.15) is 0 Å². The standard InChI is InChI=1S/C19H18N4O3/c1-13-4-3-5-15(10-13)12-22-9-8-18(21-22)20-19(24)16-7-6-14(2)17(11-16)23(25)26/h3-11H,12H2,1-2H3,(H,20,21,24). The lowest BCUT2D eigenvalue weighted by Crippen LogP contribution is -2.13. The van der Waals surface area contributed by atoms with Crippen LogP contribution in [0.15, 0.2) is 54.7 Å². The average Bonchev–Trinajstić information content (AvgIpc) is 3.01. The Bertz CT molecular complexity index is 978. The van der Waals surface area contributed by atoms with Crippen molar-refractivity contribution >= 4 is 17.4 Å². The molecule has 132 valence electrons. The summed E-state index contributed by atoms with van der Waals surface area (Å²) < 4.78 is 1.72. The van der Waals surface area contributed by atoms with Crippen LogP contribution >= 0.6 is 0 Å². The van der Waals surface area contributed by atoms with Gasteiger partial charge in [-0.2, -0.15) is 5.10 Å². The number of nitro benzene ring substituents is 1. The van der Waals surface area contributed by atoms with E-state index in [0.29, 0.717) is 17.9 Å². The zero-order valence-electron chi connectivity index (χ0n) is 14.5. The molecule has 1 aromatic heterocycles. The summed E-state index contributed by atoms with van der Waals surface area (Å²) >= 11 is 0. The summed E-state index contributed by atoms with van der Waals surface area (Å²) in [7, 11) is 0. The maximum atomic E-state index is 12.3. The quantitative estimate of drug-likeness (QED) is 0.561. The van der Waals surface area contributed by atoms with Crippen LogP contribution in [0.4, 0.5) is 11.5 Å². The Kier molecular flexibility index (Phi) is 4.79. The first-order chi connectivity index (χ1) is 12.4. The maximum absolute atomic E-state index is 12.3. The smallest absolute Gasteiger partial charge is 0.273 e. The zero-order valence-corrected chi connectivity index (χ0v) is 14.5. The van der Waals surface area contributed by atoms with E-state index in [-0.39, 0.29) is 11.3 Å². The van der Waals surface area contributed by atoms with E-state index in [1.54, 1.807) is 36.0 Å². The normalized spacial score (nSPS) is 10.5. The minimum absolute atomic E-state index is 0.0809. The van der Waals surface area contributed by atoms with Gasteiger partial charge in [0.25, 0.3) is 11.6 Å². The third-order valence-electron chi connectivity index (χ3n) is 3.98. The van der Waals surface area contributed by atoms with Crippen LogP contribution in [0.5, 0.6) is 0 Å². The van der Waals surface area contributed by atoms with Crippen LogP contribution in [-0.2, 0) is 6.54 Å². The summed E-state index contributed by atoms with van der Waals surface area (Å²) in [5.41, 5.74) is 2.93. The first-order valence-corrected chi connectivity index (χ1v) is 8.08. The molecule has 1 N–H and O–H groups in total. The van der Waals surface area contributed by atoms with E-state index >= 15 is 0 Å². The van der Waals surface area contributed by atoms with E-state index in [9.17, 15) is 14.9 Å². The number of carbonyl (C=O) groups is 1. The number of nitrogens with zero attached hydrogens (tertiary/aromatic N) is 3. The first-order valence-electron chi connectivity index (χ1n) is 8.08. The molecular formula is C19H18N4O3. The van der Waals surface area contributed by atoms with Gasteiger partial charge in [0.2, 0.25) is 0 Å². The minimum atomic E-state index is -0.497. The number of rotatable bonds is 5. The molecule has 1 heterocycles. The number of hydrogen-bond acceptors (Lipinski definition) is 4. The largest absolute Gasteiger partial charge is 0.305 e. The number of aryl methyl sites for hydroxylation is 2. The van der Waals surface area contributed by atoms with Gasteiger partial charge in [-0.3, -0.25) is 19.6 Å². The Hall–Kier alpha value is -3.48. The number of nitrogens with one attached hydrogen (secondary N) is 1. The van der Waals surface area contributed by atoms with Gasteiger partial charge >= 0.3 is 0 Å². The van der Waals surface area contributed by atoms with Gasteiger partial charge in [-0.05, 0) is 25.5 Å². The van der Waals surface area contributed by atoms with E-state index in [1.165, 1.54) is 11.6 Å². The molecular weight excluding hydrogens is 332 g/mol. The maximum Gasteiger partial charge on any atom is 0.273 e. The van der Waals surface area contributed by atoms with Crippen LogP contribution < -0.4 is 5.32 Å². The molecule has 0 fully saturated rings. The SMILES string of the molecule is Cc1cccc(Cn2ccc(NC(=O)c3ccc(C)c([N+](=O)[O-])c3)n2)c1. The predicted molar refractivity (Wildman–Crippen MR) is 98.3 cm³/mol. The second kappa shape index (κ2) is 7.18. The van der Waals surface area contributed by atoms with Crippen molar-refractivity contribution in [1.82, 2.24) is 9.78 Å². The van der Waals surface area contributed by atoms with Crippen molar-refractivity contribution in [3.8, 4) is 0 Å². The summed E-state index contributed by atoms with van der Waals surface area (Å²) in [5.74, 6) is -0.0419. The van der Waals surface area contributed by atoms with Crippen LogP contribution in [0.1, 0.15) is 27.0 Å². The highest BCUT2D eigenvalue weighted by molar-refractivity contribution is 6.04. The molecule has 3 aromatic rings. The van der Waals surface area contributed by atoms with Gasteiger partial charge in [-0.15, -0.1) is 0 Å². The Morgan fingerprint density at radius 3 is 2.73 bits per heavy atom. The average molecular weight is 350 g/mol. The topological polar surface area (TPSA) is 90.1 Å². The van der Waals surface area contributed by atoms with Gasteiger partial charge in [0.05, 0.1) is 11.5 Å². The monoisotopic (exact) mass is 350 g/mol. The third kappa shape index (κ3) is 3.94. The number of hydrogen-bond donors (Lipinski definition) is 1. The number of carbonyl (C=O) groups excluding carboxylic acids is 1. The van der Waals surface area contributed by atoms with Crippen LogP contribution in [0.25, 0.3) is 0 Å². The van der Waals surface area contributed by atoms with Crippen LogP contribution in [0.2, 0.25) is 0 Å². The zero-order chi connectivity index (χ0) is 18.7. The molecule has 0 spiro atoms. The van der Waals surface area contributed by atoms with Crippen LogP contribution in [-0.4, -0.2) is 20.6 Å². The van der Waals surface area contributed by atoms with Crippen molar-refractivity contribution in [3.63, 3.8) is 0 Å². The Morgan fingerprint density at radius 1 is 1.19 bits per heavy atom. The summed E-state index contributed by atoms with van der Waals surface area (Å²) in [6.07, 6.45) is 1.77. The van der Waals surface area contributed by atoms with E-state index in [4.69, 9.17) is 0 Å². The van der Waals surface area contributed by atoms with Gasteiger partial charge in [0, 0.05) is 29.5 Å². The lowest BCUT2D eigenvalue weighted by molar-refractivity contribution is -0.385. The van der Waals surface area contributed by atoms with Gasteiger partial charge < -0.3 is 5.32 Å². The highest BCUT2D eigenvalue weighted by Gasteiger charge is 2.15. The van der Waals surface area contributed by atoms with Crippen LogP contribution in [0, 0.1) is 24.0 Å². The molecule has 7 nitrogen and oxygen atoms in total. The lowest BCUT2D eigenvalue weighted by Gasteiger charge is -2.05. The van der Waals surface area contributed by atoms with Crippen molar-refractivity contribution in [2.24, 2.45) is 0 Å². The van der Waals surface area contributed by atoms with E-state index in [0.717, 1.165) is 5.56 Å². The fraction of sp³-hybridized carbons (Fsp3) is 0.158. The fourth-order valence-corrected chi connectivity index (χ4v) is 2.65. The molecule has 0 unspecified atom stereocenters. The number of benzene rings is 2. The second-order valence-electron chi connectivity index (χ2n) is 6.10. The van der Waals surface area contributed by atoms with Gasteiger partial charge in [0.15, 0.2) is 5.82 Å². The highest BCUT2D eigenvalue weighted by Crippen LogP contribution is 2.20. The number of anilines is 1. The third-order valence-corrected chi connectivity index (χ3v) is 3.98. The van der Waals surface area contributed by atoms with Crippen molar-refractivity contribution in [3.05, 3.63) is 87.1 Å². The van der Waals surface area contributed by atoms with Crippen molar-refractivity contribution in [1.29, 1.82) is 0 Å². The lowest BCUT2D eigenvalue weighted by atomic mass is 10.1. The summed E-state index contributed by atoms with van der Waals surface area (Å²) in [6.45, 7) is 4.25. The second-order valence-corrected chi connectivity index (χ2v) is 6.10. The molecule has 0 aliphatic heterocycles. The number of aromatic nitrogens is 2. The minimum Gasteiger partial charge on any atom is -0.305 e. The number of nitro groups is 1. The fourth-order valence-electron chi connectivity index (χ4n) is 2.65. The molecule has 2 aromatic carbocycles. The molecule has 0 radical (unpaired) electrons. The van der Waals surface area contributed by atoms with Gasteiger partial charge in [-0.1, -0.05) is 35.9 Å². The molecule has 7 heteroatoms. The summed E-state index contributed by atoms with van der Waals surface area (Å²) in [5, 5.41) is 18.0.